The Morgan fingerprint density at radius 1 is 1.80 bits per heavy atom. The molecule has 2 heterocycles. The lowest BCUT2D eigenvalue weighted by atomic mass is 10.4. The van der Waals surface area contributed by atoms with Crippen LogP contribution in [0.25, 0.3) is 0 Å². The van der Waals surface area contributed by atoms with Crippen LogP contribution in [0.15, 0.2) is 27.8 Å². The molecule has 0 aliphatic carbocycles. The van der Waals surface area contributed by atoms with Gasteiger partial charge in [-0.05, 0) is 28.1 Å². The molecule has 0 aromatic heterocycles. The summed E-state index contributed by atoms with van der Waals surface area (Å²) in [7, 11) is 0. The fourth-order valence-corrected chi connectivity index (χ4v) is 1.19. The second kappa shape index (κ2) is 2.21. The maximum Gasteiger partial charge on any atom is 0.150 e. The molecule has 0 aromatic carbocycles. The fraction of sp³-hybridized carbons (Fsp3) is 0.167. The highest BCUT2D eigenvalue weighted by atomic mass is 79.9. The summed E-state index contributed by atoms with van der Waals surface area (Å²) in [5, 5.41) is 1.68. The number of allylic oxidation sites excluding steroid dienone is 2. The van der Waals surface area contributed by atoms with E-state index in [9.17, 15) is 0 Å². The van der Waals surface area contributed by atoms with Gasteiger partial charge in [-0.2, -0.15) is 0 Å². The van der Waals surface area contributed by atoms with Crippen molar-refractivity contribution in [2.45, 2.75) is 0 Å². The fourth-order valence-electron chi connectivity index (χ4n) is 0.867. The van der Waals surface area contributed by atoms with Crippen molar-refractivity contribution in [3.8, 4) is 0 Å². The molecule has 2 aliphatic rings. The highest BCUT2D eigenvalue weighted by Crippen LogP contribution is 2.14. The average Bonchev–Trinajstić information content (AvgIpc) is 2.33. The lowest BCUT2D eigenvalue weighted by Crippen LogP contribution is -2.32. The number of halogens is 1. The average molecular weight is 201 g/mol. The topological polar surface area (TPSA) is 27.6 Å². The van der Waals surface area contributed by atoms with Crippen LogP contribution in [-0.2, 0) is 0 Å². The van der Waals surface area contributed by atoms with Gasteiger partial charge in [-0.25, -0.2) is 10.4 Å². The molecule has 10 heavy (non-hydrogen) atoms. The van der Waals surface area contributed by atoms with Gasteiger partial charge in [0.2, 0.25) is 0 Å². The number of nitrogens with one attached hydrogen (secondary N) is 1. The lowest BCUT2D eigenvalue weighted by Gasteiger charge is -2.15. The molecule has 3 nitrogen and oxygen atoms in total. The van der Waals surface area contributed by atoms with E-state index in [1.165, 1.54) is 5.42 Å². The predicted molar refractivity (Wildman–Crippen MR) is 43.4 cm³/mol. The Morgan fingerprint density at radius 3 is 3.60 bits per heavy atom. The van der Waals surface area contributed by atoms with E-state index in [0.717, 1.165) is 10.3 Å². The molecule has 0 saturated carbocycles. The highest BCUT2D eigenvalue weighted by Gasteiger charge is 2.14. The van der Waals surface area contributed by atoms with E-state index < -0.39 is 0 Å². The van der Waals surface area contributed by atoms with Crippen LogP contribution in [0, 0.1) is 0 Å². The first-order valence-electron chi connectivity index (χ1n) is 3.37. The molecule has 2 rings (SSSR count). The van der Waals surface area contributed by atoms with Crippen molar-refractivity contribution in [2.75, 3.05) is 6.67 Å². The Bertz CT molecular complexity index is 271. The zero-order chi connectivity index (χ0) is 7.84. The van der Waals surface area contributed by atoms with Gasteiger partial charge in [0.25, 0.3) is 0 Å². The zero-order valence-electron chi connectivity index (χ0n) is 6.16. The molecule has 2 aliphatic heterocycles. The molecule has 1 N–H and O–H groups in total. The number of hydrogen-bond donors (Lipinski definition) is 1. The summed E-state index contributed by atoms with van der Waals surface area (Å²) < 4.78 is 8.35. The Hall–Kier alpha value is -0.610. The molecule has 0 aromatic rings. The second-order valence-electron chi connectivity index (χ2n) is 1.99. The van der Waals surface area contributed by atoms with E-state index in [1.54, 1.807) is 5.01 Å². The summed E-state index contributed by atoms with van der Waals surface area (Å²) in [6.07, 6.45) is 5.60. The minimum Gasteiger partial charge on any atom is -0.264 e. The zero-order valence-corrected chi connectivity index (χ0v) is 6.74. The maximum atomic E-state index is 7.39. The Morgan fingerprint density at radius 2 is 2.70 bits per heavy atom. The molecule has 0 saturated heterocycles. The van der Waals surface area contributed by atoms with Gasteiger partial charge >= 0.3 is 0 Å². The molecule has 0 bridgehead atoms. The largest absolute Gasteiger partial charge is 0.264 e. The van der Waals surface area contributed by atoms with Crippen LogP contribution >= 0.6 is 15.9 Å². The van der Waals surface area contributed by atoms with Crippen molar-refractivity contribution in [3.05, 3.63) is 22.8 Å². The van der Waals surface area contributed by atoms with Crippen LogP contribution in [-0.4, -0.2) is 17.5 Å². The van der Waals surface area contributed by atoms with Gasteiger partial charge in [0.1, 0.15) is 12.5 Å². The first kappa shape index (κ1) is 5.09. The molecule has 0 atom stereocenters. The van der Waals surface area contributed by atoms with E-state index in [1.807, 2.05) is 18.4 Å². The van der Waals surface area contributed by atoms with Crippen LogP contribution < -0.4 is 5.42 Å². The number of rotatable bonds is 0. The van der Waals surface area contributed by atoms with Crippen LogP contribution in [0.2, 0.25) is 1.41 Å². The first-order chi connectivity index (χ1) is 5.27. The maximum absolute atomic E-state index is 7.39. The van der Waals surface area contributed by atoms with Crippen molar-refractivity contribution < 1.29 is 1.41 Å². The number of amidine groups is 1. The van der Waals surface area contributed by atoms with E-state index in [-0.39, 0.29) is 0 Å². The Kier molecular flexibility index (Phi) is 1.13. The van der Waals surface area contributed by atoms with Crippen molar-refractivity contribution in [3.63, 3.8) is 0 Å². The van der Waals surface area contributed by atoms with E-state index in [2.05, 4.69) is 20.9 Å². The number of hydrogen-bond acceptors (Lipinski definition) is 3. The van der Waals surface area contributed by atoms with Crippen LogP contribution in [0.1, 0.15) is 0 Å². The Balaban J connectivity index is 2.32. The predicted octanol–water partition coefficient (Wildman–Crippen LogP) is 0.969. The number of nitrogens with zero attached hydrogens (tertiary/aromatic N) is 2. The molecular formula is C6H6BrN3. The third-order valence-corrected chi connectivity index (χ3v) is 1.79. The Labute approximate surface area is 68.7 Å². The standard InChI is InChI=1S/C6H6BrN3/c7-5-1-2-6-8-4-9-10(6)3-5/h1-3,9H,4H2/i/hD. The summed E-state index contributed by atoms with van der Waals surface area (Å²) in [4.78, 5) is 4.10. The van der Waals surface area contributed by atoms with Gasteiger partial charge in [-0.15, -0.1) is 0 Å². The summed E-state index contributed by atoms with van der Waals surface area (Å²) in [5.41, 5.74) is 1.29. The summed E-state index contributed by atoms with van der Waals surface area (Å²) in [5.74, 6) is 0.822. The number of hydrazine groups is 1. The van der Waals surface area contributed by atoms with Gasteiger partial charge in [0, 0.05) is 10.7 Å². The molecule has 52 valence electrons. The van der Waals surface area contributed by atoms with E-state index in [0.29, 0.717) is 6.67 Å². The van der Waals surface area contributed by atoms with Gasteiger partial charge in [0.05, 0.1) is 0 Å². The summed E-state index contributed by atoms with van der Waals surface area (Å²) in [6.45, 7) is 0.413. The molecule has 4 heteroatoms. The third kappa shape index (κ3) is 0.892. The molecule has 0 amide bonds. The molecule has 0 radical (unpaired) electrons. The normalized spacial score (nSPS) is 25.7. The quantitative estimate of drug-likeness (QED) is 0.632. The van der Waals surface area contributed by atoms with Gasteiger partial charge in [-0.1, -0.05) is 0 Å². The second-order valence-corrected chi connectivity index (χ2v) is 2.91. The summed E-state index contributed by atoms with van der Waals surface area (Å²) >= 11 is 3.32. The molecular weight excluding hydrogens is 194 g/mol. The number of fused-ring (bicyclic) bond motifs is 1. The third-order valence-electron chi connectivity index (χ3n) is 1.32. The molecule has 0 fully saturated rings. The minimum atomic E-state index is 0.413. The van der Waals surface area contributed by atoms with Crippen molar-refractivity contribution in [2.24, 2.45) is 4.99 Å². The molecule has 0 spiro atoms. The number of aliphatic imine (C=N–C) groups is 1. The van der Waals surface area contributed by atoms with Crippen molar-refractivity contribution >= 4 is 21.8 Å². The summed E-state index contributed by atoms with van der Waals surface area (Å²) in [6, 6.07) is 0. The van der Waals surface area contributed by atoms with Crippen LogP contribution in [0.5, 0.6) is 0 Å². The highest BCUT2D eigenvalue weighted by molar-refractivity contribution is 9.11. The molecule has 0 unspecified atom stereocenters. The van der Waals surface area contributed by atoms with Gasteiger partial charge in [-0.3, -0.25) is 5.01 Å². The van der Waals surface area contributed by atoms with Crippen molar-refractivity contribution in [1.82, 2.24) is 10.4 Å². The van der Waals surface area contributed by atoms with E-state index >= 15 is 0 Å². The first-order valence-corrected chi connectivity index (χ1v) is 3.72. The monoisotopic (exact) mass is 200 g/mol. The van der Waals surface area contributed by atoms with Crippen molar-refractivity contribution in [1.29, 1.82) is 0 Å². The lowest BCUT2D eigenvalue weighted by molar-refractivity contribution is 0.452. The minimum absolute atomic E-state index is 0.413. The SMILES string of the molecule is [2H]N1CN=C2C=CC(Br)=CN21. The van der Waals surface area contributed by atoms with Crippen LogP contribution in [0.4, 0.5) is 0 Å². The van der Waals surface area contributed by atoms with E-state index in [4.69, 9.17) is 1.41 Å². The van der Waals surface area contributed by atoms with Gasteiger partial charge < -0.3 is 0 Å². The van der Waals surface area contributed by atoms with Crippen LogP contribution in [0.3, 0.4) is 0 Å². The smallest absolute Gasteiger partial charge is 0.150 e. The van der Waals surface area contributed by atoms with Gasteiger partial charge in [0.15, 0.2) is 1.41 Å².